The quantitative estimate of drug-likeness (QED) is 0.433. The van der Waals surface area contributed by atoms with Crippen molar-refractivity contribution < 1.29 is 9.53 Å². The highest BCUT2D eigenvalue weighted by Crippen LogP contribution is 2.34. The fraction of sp³-hybridized carbons (Fsp3) is 0.381. The molecule has 1 amide bonds. The van der Waals surface area contributed by atoms with E-state index >= 15 is 0 Å². The van der Waals surface area contributed by atoms with Gasteiger partial charge in [0, 0.05) is 16.8 Å². The van der Waals surface area contributed by atoms with Crippen molar-refractivity contribution in [3.63, 3.8) is 0 Å². The highest BCUT2D eigenvalue weighted by molar-refractivity contribution is 8.00. The molecule has 6 nitrogen and oxygen atoms in total. The van der Waals surface area contributed by atoms with E-state index in [0.29, 0.717) is 12.3 Å². The minimum absolute atomic E-state index is 0.0129. The molecule has 0 saturated carbocycles. The number of methoxy groups -OCH3 is 1. The Labute approximate surface area is 179 Å². The summed E-state index contributed by atoms with van der Waals surface area (Å²) in [6.45, 7) is 4.69. The number of thioether (sulfide) groups is 1. The van der Waals surface area contributed by atoms with Gasteiger partial charge in [-0.2, -0.15) is 0 Å². The van der Waals surface area contributed by atoms with Crippen LogP contribution < -0.4 is 10.1 Å². The Kier molecular flexibility index (Phi) is 7.10. The Morgan fingerprint density at radius 1 is 1.31 bits per heavy atom. The van der Waals surface area contributed by atoms with Crippen molar-refractivity contribution in [3.8, 4) is 5.75 Å². The molecule has 1 N–H and O–H groups in total. The van der Waals surface area contributed by atoms with E-state index in [1.165, 1.54) is 22.2 Å². The minimum atomic E-state index is -0.0129. The number of carbonyl (C=O) groups is 1. The normalized spacial score (nSPS) is 12.3. The average Bonchev–Trinajstić information content (AvgIpc) is 3.01. The smallest absolute Gasteiger partial charge is 0.230 e. The van der Waals surface area contributed by atoms with Crippen LogP contribution in [0.3, 0.4) is 0 Å². The number of fused-ring (bicyclic) bond motifs is 1. The van der Waals surface area contributed by atoms with E-state index in [-0.39, 0.29) is 11.9 Å². The fourth-order valence-corrected chi connectivity index (χ4v) is 5.05. The summed E-state index contributed by atoms with van der Waals surface area (Å²) in [6.07, 6.45) is 1.57. The SMILES string of the molecule is COc1cccc(C(CNC(=O)CSc2ncnc3sc(C)c(C)c23)N(C)C)c1. The molecule has 2 heterocycles. The number of nitrogens with one attached hydrogen (secondary N) is 1. The molecule has 1 unspecified atom stereocenters. The first-order valence-electron chi connectivity index (χ1n) is 9.31. The molecule has 0 saturated heterocycles. The largest absolute Gasteiger partial charge is 0.497 e. The monoisotopic (exact) mass is 430 g/mol. The van der Waals surface area contributed by atoms with Gasteiger partial charge in [-0.3, -0.25) is 4.79 Å². The number of hydrogen-bond donors (Lipinski definition) is 1. The van der Waals surface area contributed by atoms with Gasteiger partial charge in [0.25, 0.3) is 0 Å². The summed E-state index contributed by atoms with van der Waals surface area (Å²) in [5, 5.41) is 4.99. The Morgan fingerprint density at radius 3 is 2.83 bits per heavy atom. The van der Waals surface area contributed by atoms with Crippen LogP contribution in [-0.4, -0.2) is 54.3 Å². The zero-order chi connectivity index (χ0) is 21.0. The molecule has 0 spiro atoms. The first-order valence-corrected chi connectivity index (χ1v) is 11.1. The third-order valence-electron chi connectivity index (χ3n) is 4.87. The number of ether oxygens (including phenoxy) is 1. The number of thiophene rings is 1. The summed E-state index contributed by atoms with van der Waals surface area (Å²) < 4.78 is 5.32. The number of benzene rings is 1. The molecule has 0 aliphatic heterocycles. The average molecular weight is 431 g/mol. The molecule has 1 atom stereocenters. The maximum Gasteiger partial charge on any atom is 0.230 e. The first kappa shape index (κ1) is 21.5. The van der Waals surface area contributed by atoms with Crippen LogP contribution in [0.15, 0.2) is 35.6 Å². The standard InChI is InChI=1S/C21H26N4O2S2/c1-13-14(2)29-21-19(13)20(23-12-24-21)28-11-18(26)22-10-17(25(3)4)15-7-6-8-16(9-15)27-5/h6-9,12,17H,10-11H2,1-5H3,(H,22,26). The molecule has 29 heavy (non-hydrogen) atoms. The molecule has 0 radical (unpaired) electrons. The van der Waals surface area contributed by atoms with Gasteiger partial charge in [0.2, 0.25) is 5.91 Å². The number of hydrogen-bond acceptors (Lipinski definition) is 7. The molecule has 8 heteroatoms. The second-order valence-corrected chi connectivity index (χ2v) is 9.16. The molecule has 0 fully saturated rings. The molecule has 0 aliphatic rings. The van der Waals surface area contributed by atoms with Crippen molar-refractivity contribution in [1.29, 1.82) is 0 Å². The molecule has 2 aromatic heterocycles. The summed E-state index contributed by atoms with van der Waals surface area (Å²) in [5.74, 6) is 1.12. The van der Waals surface area contributed by atoms with Crippen LogP contribution in [0, 0.1) is 13.8 Å². The maximum atomic E-state index is 12.5. The molecular formula is C21H26N4O2S2. The summed E-state index contributed by atoms with van der Waals surface area (Å²) in [7, 11) is 5.66. The van der Waals surface area contributed by atoms with Crippen molar-refractivity contribution in [2.24, 2.45) is 0 Å². The maximum absolute atomic E-state index is 12.5. The molecule has 3 aromatic rings. The lowest BCUT2D eigenvalue weighted by Crippen LogP contribution is -2.35. The number of likely N-dealkylation sites (N-methyl/N-ethyl adjacent to an activating group) is 1. The molecule has 154 valence electrons. The molecule has 0 aliphatic carbocycles. The summed E-state index contributed by atoms with van der Waals surface area (Å²) in [4.78, 5) is 25.6. The van der Waals surface area contributed by atoms with E-state index in [4.69, 9.17) is 4.74 Å². The first-order chi connectivity index (χ1) is 13.9. The van der Waals surface area contributed by atoms with Gasteiger partial charge < -0.3 is 15.0 Å². The highest BCUT2D eigenvalue weighted by Gasteiger charge is 2.17. The lowest BCUT2D eigenvalue weighted by Gasteiger charge is -2.25. The molecule has 0 bridgehead atoms. The van der Waals surface area contributed by atoms with Gasteiger partial charge in [0.15, 0.2) is 0 Å². The summed E-state index contributed by atoms with van der Waals surface area (Å²) >= 11 is 3.12. The Hall–Kier alpha value is -2.16. The van der Waals surface area contributed by atoms with Crippen molar-refractivity contribution in [2.45, 2.75) is 24.9 Å². The summed E-state index contributed by atoms with van der Waals surface area (Å²) in [6, 6.07) is 8.00. The van der Waals surface area contributed by atoms with Crippen molar-refractivity contribution in [3.05, 3.63) is 46.6 Å². The van der Waals surface area contributed by atoms with Gasteiger partial charge in [-0.1, -0.05) is 23.9 Å². The third kappa shape index (κ3) is 5.07. The Balaban J connectivity index is 1.63. The lowest BCUT2D eigenvalue weighted by atomic mass is 10.1. The van der Waals surface area contributed by atoms with E-state index in [0.717, 1.165) is 26.6 Å². The fourth-order valence-electron chi connectivity index (χ4n) is 3.10. The van der Waals surface area contributed by atoms with E-state index < -0.39 is 0 Å². The van der Waals surface area contributed by atoms with E-state index in [1.54, 1.807) is 24.8 Å². The summed E-state index contributed by atoms with van der Waals surface area (Å²) in [5.41, 5.74) is 2.29. The number of carbonyl (C=O) groups excluding carboxylic acids is 1. The highest BCUT2D eigenvalue weighted by atomic mass is 32.2. The van der Waals surface area contributed by atoms with Crippen LogP contribution in [0.5, 0.6) is 5.75 Å². The van der Waals surface area contributed by atoms with Gasteiger partial charge in [-0.05, 0) is 51.2 Å². The zero-order valence-corrected chi connectivity index (χ0v) is 19.0. The number of rotatable bonds is 8. The molecular weight excluding hydrogens is 404 g/mol. The van der Waals surface area contributed by atoms with E-state index in [9.17, 15) is 4.79 Å². The molecule has 3 rings (SSSR count). The number of aromatic nitrogens is 2. The number of amides is 1. The number of aryl methyl sites for hydroxylation is 2. The predicted molar refractivity (Wildman–Crippen MR) is 120 cm³/mol. The van der Waals surface area contributed by atoms with Crippen LogP contribution in [0.1, 0.15) is 22.0 Å². The predicted octanol–water partition coefficient (Wildman–Crippen LogP) is 3.83. The second kappa shape index (κ2) is 9.56. The van der Waals surface area contributed by atoms with Gasteiger partial charge in [0.1, 0.15) is 21.9 Å². The van der Waals surface area contributed by atoms with Crippen molar-refractivity contribution in [2.75, 3.05) is 33.5 Å². The van der Waals surface area contributed by atoms with Crippen LogP contribution in [0.2, 0.25) is 0 Å². The topological polar surface area (TPSA) is 67.3 Å². The third-order valence-corrected chi connectivity index (χ3v) is 6.97. The number of nitrogens with zero attached hydrogens (tertiary/aromatic N) is 3. The van der Waals surface area contributed by atoms with Gasteiger partial charge in [-0.25, -0.2) is 9.97 Å². The van der Waals surface area contributed by atoms with E-state index in [2.05, 4.69) is 34.0 Å². The second-order valence-electron chi connectivity index (χ2n) is 6.99. The van der Waals surface area contributed by atoms with Gasteiger partial charge in [-0.15, -0.1) is 11.3 Å². The lowest BCUT2D eigenvalue weighted by molar-refractivity contribution is -0.118. The van der Waals surface area contributed by atoms with Crippen molar-refractivity contribution >= 4 is 39.2 Å². The van der Waals surface area contributed by atoms with Crippen LogP contribution in [0.4, 0.5) is 0 Å². The molecule has 1 aromatic carbocycles. The zero-order valence-electron chi connectivity index (χ0n) is 17.4. The Bertz CT molecular complexity index is 1000. The minimum Gasteiger partial charge on any atom is -0.497 e. The Morgan fingerprint density at radius 2 is 2.10 bits per heavy atom. The van der Waals surface area contributed by atoms with Gasteiger partial charge in [0.05, 0.1) is 18.9 Å². The van der Waals surface area contributed by atoms with Crippen LogP contribution in [-0.2, 0) is 4.79 Å². The van der Waals surface area contributed by atoms with Gasteiger partial charge >= 0.3 is 0 Å². The van der Waals surface area contributed by atoms with Crippen LogP contribution in [0.25, 0.3) is 10.2 Å². The van der Waals surface area contributed by atoms with E-state index in [1.807, 2.05) is 38.4 Å². The van der Waals surface area contributed by atoms with Crippen LogP contribution >= 0.6 is 23.1 Å². The van der Waals surface area contributed by atoms with Crippen molar-refractivity contribution in [1.82, 2.24) is 20.2 Å².